The summed E-state index contributed by atoms with van der Waals surface area (Å²) >= 11 is 0. The van der Waals surface area contributed by atoms with Crippen LogP contribution in [-0.4, -0.2) is 28.6 Å². The second kappa shape index (κ2) is 9.34. The average molecular weight is 454 g/mol. The van der Waals surface area contributed by atoms with Gasteiger partial charge in [0.2, 0.25) is 5.91 Å². The quantitative estimate of drug-likeness (QED) is 0.325. The van der Waals surface area contributed by atoms with Crippen molar-refractivity contribution < 1.29 is 9.53 Å². The van der Waals surface area contributed by atoms with Crippen LogP contribution in [-0.2, 0) is 11.3 Å². The minimum absolute atomic E-state index is 0.0675. The number of aromatic nitrogens is 2. The fourth-order valence-corrected chi connectivity index (χ4v) is 4.99. The summed E-state index contributed by atoms with van der Waals surface area (Å²) in [4.78, 5) is 20.0. The van der Waals surface area contributed by atoms with Crippen LogP contribution in [0.5, 0.6) is 5.75 Å². The zero-order valence-electron chi connectivity index (χ0n) is 20.1. The van der Waals surface area contributed by atoms with E-state index in [9.17, 15) is 4.79 Å². The number of carbonyl (C=O) groups is 1. The first kappa shape index (κ1) is 22.2. The lowest BCUT2D eigenvalue weighted by Gasteiger charge is -2.20. The van der Waals surface area contributed by atoms with Gasteiger partial charge in [-0.3, -0.25) is 4.79 Å². The smallest absolute Gasteiger partial charge is 0.227 e. The van der Waals surface area contributed by atoms with Crippen LogP contribution in [0.25, 0.3) is 11.0 Å². The first-order valence-corrected chi connectivity index (χ1v) is 12.0. The first-order chi connectivity index (χ1) is 16.5. The lowest BCUT2D eigenvalue weighted by molar-refractivity contribution is -0.117. The zero-order chi connectivity index (χ0) is 23.7. The first-order valence-electron chi connectivity index (χ1n) is 12.0. The number of para-hydroxylation sites is 3. The van der Waals surface area contributed by atoms with Crippen LogP contribution in [0.4, 0.5) is 5.69 Å². The molecule has 0 bridgehead atoms. The summed E-state index contributed by atoms with van der Waals surface area (Å²) in [7, 11) is 0. The van der Waals surface area contributed by atoms with E-state index in [1.807, 2.05) is 29.2 Å². The van der Waals surface area contributed by atoms with Crippen LogP contribution >= 0.6 is 0 Å². The third-order valence-electron chi connectivity index (χ3n) is 6.69. The maximum atomic E-state index is 13.0. The van der Waals surface area contributed by atoms with Crippen molar-refractivity contribution in [2.24, 2.45) is 0 Å². The molecule has 4 aromatic rings. The van der Waals surface area contributed by atoms with Gasteiger partial charge in [-0.15, -0.1) is 0 Å². The number of nitrogens with zero attached hydrogens (tertiary/aromatic N) is 3. The number of fused-ring (bicyclic) bond motifs is 1. The Balaban J connectivity index is 1.36. The molecule has 1 amide bonds. The molecule has 1 aliphatic heterocycles. The Kier molecular flexibility index (Phi) is 6.10. The monoisotopic (exact) mass is 453 g/mol. The van der Waals surface area contributed by atoms with E-state index in [0.717, 1.165) is 52.4 Å². The molecule has 0 saturated carbocycles. The van der Waals surface area contributed by atoms with Crippen molar-refractivity contribution in [2.45, 2.75) is 46.1 Å². The van der Waals surface area contributed by atoms with Crippen molar-refractivity contribution in [3.05, 3.63) is 89.2 Å². The number of hydrogen-bond donors (Lipinski definition) is 0. The highest BCUT2D eigenvalue weighted by Crippen LogP contribution is 2.34. The minimum Gasteiger partial charge on any atom is -0.493 e. The van der Waals surface area contributed by atoms with Gasteiger partial charge in [0.25, 0.3) is 0 Å². The summed E-state index contributed by atoms with van der Waals surface area (Å²) < 4.78 is 8.32. The molecule has 5 heteroatoms. The van der Waals surface area contributed by atoms with E-state index in [1.165, 1.54) is 5.56 Å². The highest BCUT2D eigenvalue weighted by molar-refractivity contribution is 5.97. The predicted molar refractivity (Wildman–Crippen MR) is 137 cm³/mol. The molecule has 1 fully saturated rings. The van der Waals surface area contributed by atoms with E-state index in [0.29, 0.717) is 19.6 Å². The number of amides is 1. The molecule has 34 heavy (non-hydrogen) atoms. The number of imidazole rings is 1. The van der Waals surface area contributed by atoms with Crippen LogP contribution in [0, 0.1) is 20.8 Å². The van der Waals surface area contributed by atoms with Crippen LogP contribution in [0.2, 0.25) is 0 Å². The van der Waals surface area contributed by atoms with E-state index in [1.54, 1.807) is 0 Å². The van der Waals surface area contributed by atoms with Gasteiger partial charge in [0.15, 0.2) is 0 Å². The molecule has 0 spiro atoms. The summed E-state index contributed by atoms with van der Waals surface area (Å²) in [6, 6.07) is 22.6. The summed E-state index contributed by atoms with van der Waals surface area (Å²) in [5.74, 6) is 2.16. The molecule has 1 aromatic heterocycles. The van der Waals surface area contributed by atoms with Crippen LogP contribution in [0.3, 0.4) is 0 Å². The Morgan fingerprint density at radius 2 is 1.76 bits per heavy atom. The van der Waals surface area contributed by atoms with E-state index >= 15 is 0 Å². The van der Waals surface area contributed by atoms with E-state index in [4.69, 9.17) is 9.72 Å². The molecule has 1 aliphatic rings. The number of anilines is 1. The number of benzene rings is 3. The second-order valence-corrected chi connectivity index (χ2v) is 9.27. The summed E-state index contributed by atoms with van der Waals surface area (Å²) in [6.07, 6.45) is 1.35. The van der Waals surface area contributed by atoms with E-state index < -0.39 is 0 Å². The molecule has 0 radical (unpaired) electrons. The summed E-state index contributed by atoms with van der Waals surface area (Å²) in [6.45, 7) is 8.31. The lowest BCUT2D eigenvalue weighted by Crippen LogP contribution is -2.25. The second-order valence-electron chi connectivity index (χ2n) is 9.27. The number of rotatable bonds is 7. The van der Waals surface area contributed by atoms with Gasteiger partial charge in [-0.05, 0) is 62.6 Å². The Morgan fingerprint density at radius 1 is 0.971 bits per heavy atom. The van der Waals surface area contributed by atoms with Crippen molar-refractivity contribution in [2.75, 3.05) is 18.1 Å². The number of aryl methyl sites for hydroxylation is 4. The third kappa shape index (κ3) is 4.30. The molecule has 0 aliphatic carbocycles. The van der Waals surface area contributed by atoms with Gasteiger partial charge in [0.05, 0.1) is 17.6 Å². The normalized spacial score (nSPS) is 15.9. The summed E-state index contributed by atoms with van der Waals surface area (Å²) in [5.41, 5.74) is 6.59. The van der Waals surface area contributed by atoms with Crippen molar-refractivity contribution in [3.8, 4) is 5.75 Å². The molecule has 3 aromatic carbocycles. The fraction of sp³-hybridized carbons (Fsp3) is 0.310. The molecule has 1 saturated heterocycles. The molecule has 1 unspecified atom stereocenters. The Bertz CT molecular complexity index is 1340. The van der Waals surface area contributed by atoms with Gasteiger partial charge in [0, 0.05) is 31.1 Å². The highest BCUT2D eigenvalue weighted by Gasteiger charge is 2.35. The van der Waals surface area contributed by atoms with Gasteiger partial charge in [-0.25, -0.2) is 4.98 Å². The Morgan fingerprint density at radius 3 is 2.59 bits per heavy atom. The average Bonchev–Trinajstić information content (AvgIpc) is 3.38. The fourth-order valence-electron chi connectivity index (χ4n) is 4.99. The number of hydrogen-bond acceptors (Lipinski definition) is 3. The summed E-state index contributed by atoms with van der Waals surface area (Å²) in [5, 5.41) is 0. The molecule has 0 N–H and O–H groups in total. The van der Waals surface area contributed by atoms with E-state index in [-0.39, 0.29) is 11.8 Å². The van der Waals surface area contributed by atoms with Gasteiger partial charge in [0.1, 0.15) is 11.6 Å². The number of ether oxygens (including phenoxy) is 1. The van der Waals surface area contributed by atoms with Crippen LogP contribution in [0.1, 0.15) is 41.3 Å². The van der Waals surface area contributed by atoms with Gasteiger partial charge in [-0.1, -0.05) is 48.0 Å². The molecular formula is C29H31N3O2. The topological polar surface area (TPSA) is 47.4 Å². The molecule has 174 valence electrons. The van der Waals surface area contributed by atoms with Crippen molar-refractivity contribution in [1.29, 1.82) is 0 Å². The van der Waals surface area contributed by atoms with E-state index in [2.05, 4.69) is 67.8 Å². The molecule has 2 heterocycles. The Hall–Kier alpha value is -3.60. The maximum absolute atomic E-state index is 13.0. The molecule has 5 nitrogen and oxygen atoms in total. The molecule has 1 atom stereocenters. The third-order valence-corrected chi connectivity index (χ3v) is 6.69. The zero-order valence-corrected chi connectivity index (χ0v) is 20.1. The van der Waals surface area contributed by atoms with Crippen molar-refractivity contribution in [1.82, 2.24) is 9.55 Å². The van der Waals surface area contributed by atoms with Gasteiger partial charge in [-0.2, -0.15) is 0 Å². The Labute approximate surface area is 201 Å². The van der Waals surface area contributed by atoms with Gasteiger partial charge >= 0.3 is 0 Å². The SMILES string of the molecule is Cc1ccc(N2CC(c3nc4ccccc4n3CCCOc3ccccc3C)CC2=O)c(C)c1. The standard InChI is InChI=1S/C29H31N3O2/c1-20-13-14-25(22(3)17-20)32-19-23(18-28(32)33)29-30-24-10-5-6-11-26(24)31(29)15-8-16-34-27-12-7-4-9-21(27)2/h4-7,9-14,17,23H,8,15-16,18-19H2,1-3H3. The molecule has 5 rings (SSSR count). The predicted octanol–water partition coefficient (Wildman–Crippen LogP) is 5.95. The maximum Gasteiger partial charge on any atom is 0.227 e. The van der Waals surface area contributed by atoms with Crippen LogP contribution in [0.15, 0.2) is 66.7 Å². The number of carbonyl (C=O) groups excluding carboxylic acids is 1. The van der Waals surface area contributed by atoms with Crippen molar-refractivity contribution >= 4 is 22.6 Å². The van der Waals surface area contributed by atoms with Gasteiger partial charge < -0.3 is 14.2 Å². The highest BCUT2D eigenvalue weighted by atomic mass is 16.5. The largest absolute Gasteiger partial charge is 0.493 e. The van der Waals surface area contributed by atoms with Crippen molar-refractivity contribution in [3.63, 3.8) is 0 Å². The van der Waals surface area contributed by atoms with Crippen LogP contribution < -0.4 is 9.64 Å². The molecular weight excluding hydrogens is 422 g/mol. The lowest BCUT2D eigenvalue weighted by atomic mass is 10.1. The minimum atomic E-state index is 0.0675.